The summed E-state index contributed by atoms with van der Waals surface area (Å²) in [4.78, 5) is 4.60. The molecule has 3 heterocycles. The number of benzene rings is 2. The van der Waals surface area contributed by atoms with Crippen LogP contribution < -0.4 is 15.4 Å². The average Bonchev–Trinajstić information content (AvgIpc) is 3.33. The maximum atomic E-state index is 9.00. The molecule has 0 radical (unpaired) electrons. The largest absolute Gasteiger partial charge is 0.469 e. The number of aromatic nitrogens is 3. The second-order valence-electron chi connectivity index (χ2n) is 8.42. The van der Waals surface area contributed by atoms with Crippen molar-refractivity contribution in [2.75, 3.05) is 18.4 Å². The summed E-state index contributed by atoms with van der Waals surface area (Å²) in [6, 6.07) is 22.3. The van der Waals surface area contributed by atoms with Gasteiger partial charge in [-0.2, -0.15) is 10.4 Å². The van der Waals surface area contributed by atoms with Gasteiger partial charge in [0.1, 0.15) is 6.10 Å². The molecular formula is C27H26N6O. The van der Waals surface area contributed by atoms with Crippen LogP contribution in [0.2, 0.25) is 0 Å². The van der Waals surface area contributed by atoms with E-state index >= 15 is 0 Å². The Bertz CT molecular complexity index is 1290. The van der Waals surface area contributed by atoms with Crippen LogP contribution in [0.4, 0.5) is 5.69 Å². The second-order valence-corrected chi connectivity index (χ2v) is 8.42. The summed E-state index contributed by atoms with van der Waals surface area (Å²) in [7, 11) is 1.90. The van der Waals surface area contributed by atoms with Crippen molar-refractivity contribution in [2.24, 2.45) is 7.05 Å². The number of fused-ring (bicyclic) bond motifs is 1. The number of anilines is 1. The quantitative estimate of drug-likeness (QED) is 0.441. The fourth-order valence-corrected chi connectivity index (χ4v) is 4.22. The number of nitrogens with one attached hydrogen (secondary N) is 2. The Morgan fingerprint density at radius 2 is 1.97 bits per heavy atom. The van der Waals surface area contributed by atoms with E-state index in [2.05, 4.69) is 45.0 Å². The molecule has 4 aromatic rings. The van der Waals surface area contributed by atoms with Crippen LogP contribution in [0.3, 0.4) is 0 Å². The number of hydrogen-bond donors (Lipinski definition) is 2. The first-order valence-corrected chi connectivity index (χ1v) is 11.4. The smallest absolute Gasteiger partial charge is 0.237 e. The van der Waals surface area contributed by atoms with Crippen LogP contribution in [-0.2, 0) is 13.5 Å². The molecule has 0 unspecified atom stereocenters. The molecule has 170 valence electrons. The van der Waals surface area contributed by atoms with Gasteiger partial charge in [0.05, 0.1) is 36.1 Å². The van der Waals surface area contributed by atoms with Gasteiger partial charge < -0.3 is 15.4 Å². The minimum Gasteiger partial charge on any atom is -0.469 e. The van der Waals surface area contributed by atoms with Crippen molar-refractivity contribution in [3.05, 3.63) is 95.9 Å². The van der Waals surface area contributed by atoms with Gasteiger partial charge in [-0.15, -0.1) is 0 Å². The average molecular weight is 451 g/mol. The highest BCUT2D eigenvalue weighted by atomic mass is 16.5. The van der Waals surface area contributed by atoms with E-state index in [9.17, 15) is 0 Å². The van der Waals surface area contributed by atoms with Crippen LogP contribution in [-0.4, -0.2) is 34.0 Å². The third-order valence-electron chi connectivity index (χ3n) is 6.04. The SMILES string of the molecule is Cn1cc(-c2cnc3c(c2)NC[C@@H]([C@@H](NCCc2ccc(C#N)cc2)c2ccccc2)O3)cn1. The topological polar surface area (TPSA) is 87.8 Å². The summed E-state index contributed by atoms with van der Waals surface area (Å²) in [5.74, 6) is 0.610. The van der Waals surface area contributed by atoms with E-state index in [-0.39, 0.29) is 12.1 Å². The number of aryl methyl sites for hydroxylation is 1. The van der Waals surface area contributed by atoms with E-state index in [0.717, 1.165) is 29.8 Å². The van der Waals surface area contributed by atoms with Crippen LogP contribution in [0.25, 0.3) is 11.1 Å². The number of pyridine rings is 1. The van der Waals surface area contributed by atoms with Crippen molar-refractivity contribution in [3.63, 3.8) is 0 Å². The first kappa shape index (κ1) is 21.7. The molecule has 2 aromatic carbocycles. The summed E-state index contributed by atoms with van der Waals surface area (Å²) in [5.41, 5.74) is 5.95. The van der Waals surface area contributed by atoms with Gasteiger partial charge in [-0.25, -0.2) is 4.98 Å². The zero-order chi connectivity index (χ0) is 23.3. The molecule has 0 fully saturated rings. The van der Waals surface area contributed by atoms with Crippen molar-refractivity contribution in [3.8, 4) is 23.1 Å². The second kappa shape index (κ2) is 9.77. The van der Waals surface area contributed by atoms with E-state index in [4.69, 9.17) is 10.00 Å². The zero-order valence-corrected chi connectivity index (χ0v) is 19.0. The van der Waals surface area contributed by atoms with E-state index in [1.165, 1.54) is 11.1 Å². The van der Waals surface area contributed by atoms with Crippen molar-refractivity contribution in [2.45, 2.75) is 18.6 Å². The molecule has 7 nitrogen and oxygen atoms in total. The van der Waals surface area contributed by atoms with Crippen LogP contribution in [0.15, 0.2) is 79.3 Å². The maximum absolute atomic E-state index is 9.00. The molecule has 2 aromatic heterocycles. The number of hydrogen-bond acceptors (Lipinski definition) is 6. The fourth-order valence-electron chi connectivity index (χ4n) is 4.22. The summed E-state index contributed by atoms with van der Waals surface area (Å²) in [6.07, 6.45) is 6.37. The Hall–Kier alpha value is -4.15. The van der Waals surface area contributed by atoms with Gasteiger partial charge >= 0.3 is 0 Å². The first-order chi connectivity index (χ1) is 16.7. The third kappa shape index (κ3) is 4.77. The van der Waals surface area contributed by atoms with Gasteiger partial charge in [-0.1, -0.05) is 42.5 Å². The van der Waals surface area contributed by atoms with Gasteiger partial charge in [0.2, 0.25) is 5.88 Å². The molecule has 7 heteroatoms. The Morgan fingerprint density at radius 3 is 2.71 bits per heavy atom. The number of nitriles is 1. The zero-order valence-electron chi connectivity index (χ0n) is 19.0. The van der Waals surface area contributed by atoms with Crippen molar-refractivity contribution in [1.29, 1.82) is 5.26 Å². The van der Waals surface area contributed by atoms with E-state index in [1.54, 1.807) is 4.68 Å². The third-order valence-corrected chi connectivity index (χ3v) is 6.04. The summed E-state index contributed by atoms with van der Waals surface area (Å²) in [5, 5.41) is 20.4. The molecule has 2 atom stereocenters. The van der Waals surface area contributed by atoms with Crippen LogP contribution in [0, 0.1) is 11.3 Å². The molecule has 1 aliphatic rings. The van der Waals surface area contributed by atoms with Crippen LogP contribution >= 0.6 is 0 Å². The molecule has 0 aliphatic carbocycles. The van der Waals surface area contributed by atoms with Gasteiger partial charge in [0, 0.05) is 30.6 Å². The standard InChI is InChI=1S/C27H26N6O/c1-33-18-23(16-32-33)22-13-24-27(31-15-22)34-25(17-30-24)26(21-5-3-2-4-6-21)29-12-11-19-7-9-20(14-28)10-8-19/h2-10,13,15-16,18,25-26,29-30H,11-12,17H2,1H3/t25-,26-/m0/s1. The van der Waals surface area contributed by atoms with Crippen molar-refractivity contribution < 1.29 is 4.74 Å². The Morgan fingerprint density at radius 1 is 1.15 bits per heavy atom. The van der Waals surface area contributed by atoms with E-state index < -0.39 is 0 Å². The molecule has 0 saturated heterocycles. The van der Waals surface area contributed by atoms with Gasteiger partial charge in [0.25, 0.3) is 0 Å². The summed E-state index contributed by atoms with van der Waals surface area (Å²) >= 11 is 0. The Labute approximate surface area is 199 Å². The monoisotopic (exact) mass is 450 g/mol. The van der Waals surface area contributed by atoms with Crippen LogP contribution in [0.5, 0.6) is 5.88 Å². The lowest BCUT2D eigenvalue weighted by molar-refractivity contribution is 0.150. The molecule has 0 amide bonds. The molecule has 34 heavy (non-hydrogen) atoms. The summed E-state index contributed by atoms with van der Waals surface area (Å²) < 4.78 is 8.17. The van der Waals surface area contributed by atoms with Gasteiger partial charge in [-0.05, 0) is 42.3 Å². The van der Waals surface area contributed by atoms with E-state index in [1.807, 2.05) is 68.1 Å². The van der Waals surface area contributed by atoms with Gasteiger partial charge in [-0.3, -0.25) is 4.68 Å². The minimum absolute atomic E-state index is 0.0000292. The Kier molecular flexibility index (Phi) is 6.23. The highest BCUT2D eigenvalue weighted by molar-refractivity contribution is 5.69. The summed E-state index contributed by atoms with van der Waals surface area (Å²) in [6.45, 7) is 1.44. The lowest BCUT2D eigenvalue weighted by Gasteiger charge is -2.33. The fraction of sp³-hybridized carbons (Fsp3) is 0.222. The first-order valence-electron chi connectivity index (χ1n) is 11.4. The number of ether oxygens (including phenoxy) is 1. The van der Waals surface area contributed by atoms with Crippen molar-refractivity contribution >= 4 is 5.69 Å². The van der Waals surface area contributed by atoms with Gasteiger partial charge in [0.15, 0.2) is 0 Å². The molecule has 2 N–H and O–H groups in total. The minimum atomic E-state index is -0.118. The molecule has 5 rings (SSSR count). The van der Waals surface area contributed by atoms with Crippen molar-refractivity contribution in [1.82, 2.24) is 20.1 Å². The predicted octanol–water partition coefficient (Wildman–Crippen LogP) is 4.10. The number of nitrogens with zero attached hydrogens (tertiary/aromatic N) is 4. The lowest BCUT2D eigenvalue weighted by atomic mass is 9.99. The molecule has 0 saturated carbocycles. The molecule has 1 aliphatic heterocycles. The van der Waals surface area contributed by atoms with Crippen LogP contribution in [0.1, 0.15) is 22.7 Å². The lowest BCUT2D eigenvalue weighted by Crippen LogP contribution is -2.43. The van der Waals surface area contributed by atoms with E-state index in [0.29, 0.717) is 18.0 Å². The molecule has 0 spiro atoms. The highest BCUT2D eigenvalue weighted by Gasteiger charge is 2.29. The predicted molar refractivity (Wildman–Crippen MR) is 131 cm³/mol. The number of rotatable bonds is 7. The normalized spacial score (nSPS) is 15.5. The Balaban J connectivity index is 1.30. The molecular weight excluding hydrogens is 424 g/mol. The maximum Gasteiger partial charge on any atom is 0.237 e. The highest BCUT2D eigenvalue weighted by Crippen LogP contribution is 2.34. The molecule has 0 bridgehead atoms.